The zero-order chi connectivity index (χ0) is 24.9. The molecule has 1 aromatic heterocycles. The lowest BCUT2D eigenvalue weighted by molar-refractivity contribution is 0.0937. The van der Waals surface area contributed by atoms with E-state index < -0.39 is 57.3 Å². The number of carbonyl (C=O) groups is 3. The van der Waals surface area contributed by atoms with Gasteiger partial charge in [-0.2, -0.15) is 0 Å². The molecule has 10 nitrogen and oxygen atoms in total. The molecule has 2 aromatic carbocycles. The SMILES string of the molecule is Cc1c(C(=O)c2c(O)cc(O)cc2Cc2cc(O)cc(=O)o2)c(O)cc2c1C(=O)C=C(O)C2=O. The van der Waals surface area contributed by atoms with Gasteiger partial charge in [-0.3, -0.25) is 14.4 Å². The number of carbonyl (C=O) groups excluding carboxylic acids is 3. The first-order chi connectivity index (χ1) is 16.0. The Morgan fingerprint density at radius 2 is 1.50 bits per heavy atom. The van der Waals surface area contributed by atoms with Crippen molar-refractivity contribution in [2.45, 2.75) is 13.3 Å². The van der Waals surface area contributed by atoms with Gasteiger partial charge in [-0.15, -0.1) is 0 Å². The molecule has 0 spiro atoms. The highest BCUT2D eigenvalue weighted by molar-refractivity contribution is 6.26. The first-order valence-corrected chi connectivity index (χ1v) is 9.76. The summed E-state index contributed by atoms with van der Waals surface area (Å²) in [5.74, 6) is -5.66. The third kappa shape index (κ3) is 3.66. The number of fused-ring (bicyclic) bond motifs is 1. The van der Waals surface area contributed by atoms with E-state index in [-0.39, 0.29) is 40.0 Å². The van der Waals surface area contributed by atoms with Gasteiger partial charge in [-0.1, -0.05) is 0 Å². The number of aromatic hydroxyl groups is 4. The molecular formula is C24H16O10. The number of aliphatic hydroxyl groups excluding tert-OH is 1. The van der Waals surface area contributed by atoms with Gasteiger partial charge in [0.15, 0.2) is 11.5 Å². The van der Waals surface area contributed by atoms with Crippen molar-refractivity contribution in [3.05, 3.63) is 91.7 Å². The van der Waals surface area contributed by atoms with Crippen molar-refractivity contribution in [2.75, 3.05) is 0 Å². The second-order valence-corrected chi connectivity index (χ2v) is 7.65. The summed E-state index contributed by atoms with van der Waals surface area (Å²) in [5.41, 5.74) is -2.20. The van der Waals surface area contributed by atoms with Gasteiger partial charge in [0, 0.05) is 35.8 Å². The van der Waals surface area contributed by atoms with Crippen LogP contribution in [0.15, 0.2) is 51.4 Å². The van der Waals surface area contributed by atoms with Gasteiger partial charge in [0.1, 0.15) is 28.8 Å². The summed E-state index contributed by atoms with van der Waals surface area (Å²) in [4.78, 5) is 49.7. The maximum absolute atomic E-state index is 13.5. The lowest BCUT2D eigenvalue weighted by Gasteiger charge is -2.19. The number of hydrogen-bond donors (Lipinski definition) is 5. The van der Waals surface area contributed by atoms with Crippen molar-refractivity contribution < 1.29 is 44.3 Å². The Bertz CT molecular complexity index is 1510. The van der Waals surface area contributed by atoms with Crippen molar-refractivity contribution in [1.82, 2.24) is 0 Å². The Balaban J connectivity index is 1.90. The second kappa shape index (κ2) is 7.93. The topological polar surface area (TPSA) is 183 Å². The van der Waals surface area contributed by atoms with Crippen LogP contribution in [0.4, 0.5) is 0 Å². The Morgan fingerprint density at radius 3 is 2.18 bits per heavy atom. The first kappa shape index (κ1) is 22.3. The molecule has 0 saturated carbocycles. The van der Waals surface area contributed by atoms with Gasteiger partial charge in [-0.25, -0.2) is 4.79 Å². The van der Waals surface area contributed by atoms with E-state index in [1.54, 1.807) is 0 Å². The highest BCUT2D eigenvalue weighted by atomic mass is 16.4. The molecule has 0 atom stereocenters. The molecule has 0 bridgehead atoms. The molecule has 1 heterocycles. The number of ketones is 3. The molecule has 0 radical (unpaired) electrons. The first-order valence-electron chi connectivity index (χ1n) is 9.76. The maximum atomic E-state index is 13.5. The molecule has 10 heteroatoms. The van der Waals surface area contributed by atoms with Gasteiger partial charge in [-0.05, 0) is 30.2 Å². The zero-order valence-electron chi connectivity index (χ0n) is 17.4. The van der Waals surface area contributed by atoms with Crippen molar-refractivity contribution in [1.29, 1.82) is 0 Å². The molecule has 0 saturated heterocycles. The fourth-order valence-electron chi connectivity index (χ4n) is 3.97. The smallest absolute Gasteiger partial charge is 0.339 e. The molecule has 172 valence electrons. The summed E-state index contributed by atoms with van der Waals surface area (Å²) < 4.78 is 4.99. The van der Waals surface area contributed by atoms with E-state index in [1.165, 1.54) is 6.92 Å². The van der Waals surface area contributed by atoms with Crippen LogP contribution in [0.5, 0.6) is 23.0 Å². The molecule has 1 aliphatic carbocycles. The molecular weight excluding hydrogens is 448 g/mol. The number of allylic oxidation sites excluding steroid dienone is 2. The summed E-state index contributed by atoms with van der Waals surface area (Å²) in [6.45, 7) is 1.32. The summed E-state index contributed by atoms with van der Waals surface area (Å²) in [6.07, 6.45) is 0.391. The highest BCUT2D eigenvalue weighted by Crippen LogP contribution is 2.37. The summed E-state index contributed by atoms with van der Waals surface area (Å²) >= 11 is 0. The molecule has 0 amide bonds. The summed E-state index contributed by atoms with van der Waals surface area (Å²) in [5, 5.41) is 50.3. The van der Waals surface area contributed by atoms with Crippen LogP contribution in [0.2, 0.25) is 0 Å². The van der Waals surface area contributed by atoms with Crippen LogP contribution < -0.4 is 5.63 Å². The number of phenols is 3. The standard InChI is InChI=1S/C24H16O10/c1-9-20-14(23(32)18(30)8-17(20)29)7-16(28)21(9)24(33)22-10(2-11(25)5-15(22)27)3-13-4-12(26)6-19(31)34-13/h2,4-8,25-28,30H,3H2,1H3. The molecule has 5 N–H and O–H groups in total. The maximum Gasteiger partial charge on any atom is 0.339 e. The van der Waals surface area contributed by atoms with Crippen LogP contribution in [-0.4, -0.2) is 42.9 Å². The van der Waals surface area contributed by atoms with Crippen LogP contribution >= 0.6 is 0 Å². The molecule has 3 aromatic rings. The van der Waals surface area contributed by atoms with Gasteiger partial charge < -0.3 is 29.9 Å². The Kier molecular flexibility index (Phi) is 5.21. The van der Waals surface area contributed by atoms with E-state index in [1.807, 2.05) is 0 Å². The van der Waals surface area contributed by atoms with Crippen molar-refractivity contribution in [3.63, 3.8) is 0 Å². The van der Waals surface area contributed by atoms with E-state index in [0.29, 0.717) is 6.08 Å². The van der Waals surface area contributed by atoms with Crippen molar-refractivity contribution >= 4 is 17.3 Å². The van der Waals surface area contributed by atoms with Crippen LogP contribution in [-0.2, 0) is 6.42 Å². The number of hydrogen-bond acceptors (Lipinski definition) is 10. The van der Waals surface area contributed by atoms with Gasteiger partial charge in [0.25, 0.3) is 0 Å². The van der Waals surface area contributed by atoms with E-state index >= 15 is 0 Å². The minimum atomic E-state index is -0.952. The van der Waals surface area contributed by atoms with Crippen LogP contribution in [0.3, 0.4) is 0 Å². The normalized spacial score (nSPS) is 12.9. The number of rotatable bonds is 4. The lowest BCUT2D eigenvalue weighted by atomic mass is 9.84. The Labute approximate surface area is 190 Å². The highest BCUT2D eigenvalue weighted by Gasteiger charge is 2.33. The van der Waals surface area contributed by atoms with Crippen LogP contribution in [0, 0.1) is 6.92 Å². The number of Topliss-reactive ketones (excluding diaryl/α,β-unsaturated/α-hetero) is 1. The van der Waals surface area contributed by atoms with Crippen molar-refractivity contribution in [3.8, 4) is 23.0 Å². The fraction of sp³-hybridized carbons (Fsp3) is 0.0833. The van der Waals surface area contributed by atoms with E-state index in [9.17, 15) is 44.7 Å². The van der Waals surface area contributed by atoms with Crippen LogP contribution in [0.1, 0.15) is 53.5 Å². The van der Waals surface area contributed by atoms with E-state index in [2.05, 4.69) is 0 Å². The van der Waals surface area contributed by atoms with Crippen LogP contribution in [0.25, 0.3) is 0 Å². The number of phenolic OH excluding ortho intramolecular Hbond substituents is 3. The Morgan fingerprint density at radius 1 is 0.853 bits per heavy atom. The van der Waals surface area contributed by atoms with Gasteiger partial charge in [0.2, 0.25) is 11.6 Å². The predicted octanol–water partition coefficient (Wildman–Crippen LogP) is 2.41. The second-order valence-electron chi connectivity index (χ2n) is 7.65. The zero-order valence-corrected chi connectivity index (χ0v) is 17.4. The lowest BCUT2D eigenvalue weighted by Crippen LogP contribution is -2.20. The Hall–Kier alpha value is -4.86. The van der Waals surface area contributed by atoms with Gasteiger partial charge in [0.05, 0.1) is 17.2 Å². The third-order valence-corrected chi connectivity index (χ3v) is 5.36. The number of benzene rings is 2. The van der Waals surface area contributed by atoms with E-state index in [4.69, 9.17) is 4.42 Å². The number of aliphatic hydroxyl groups is 1. The molecule has 34 heavy (non-hydrogen) atoms. The monoisotopic (exact) mass is 464 g/mol. The van der Waals surface area contributed by atoms with Crippen molar-refractivity contribution in [2.24, 2.45) is 0 Å². The molecule has 0 unspecified atom stereocenters. The quantitative estimate of drug-likeness (QED) is 0.359. The third-order valence-electron chi connectivity index (χ3n) is 5.36. The van der Waals surface area contributed by atoms with E-state index in [0.717, 1.165) is 30.3 Å². The fourth-order valence-corrected chi connectivity index (χ4v) is 3.97. The molecule has 0 fully saturated rings. The summed E-state index contributed by atoms with van der Waals surface area (Å²) in [7, 11) is 0. The predicted molar refractivity (Wildman–Crippen MR) is 115 cm³/mol. The molecule has 1 aliphatic rings. The average Bonchev–Trinajstić information content (AvgIpc) is 2.70. The van der Waals surface area contributed by atoms with Gasteiger partial charge >= 0.3 is 5.63 Å². The largest absolute Gasteiger partial charge is 0.508 e. The average molecular weight is 464 g/mol. The molecule has 0 aliphatic heterocycles. The minimum absolute atomic E-state index is 0.0206. The molecule has 4 rings (SSSR count). The summed E-state index contributed by atoms with van der Waals surface area (Å²) in [6, 6.07) is 4.83. The minimum Gasteiger partial charge on any atom is -0.508 e.